The Balaban J connectivity index is 1.92. The van der Waals surface area contributed by atoms with Crippen molar-refractivity contribution >= 4 is 15.9 Å². The van der Waals surface area contributed by atoms with Gasteiger partial charge >= 0.3 is 0 Å². The van der Waals surface area contributed by atoms with Crippen LogP contribution in [0.25, 0.3) is 0 Å². The number of nitrogens with two attached hydrogens (primary N) is 1. The summed E-state index contributed by atoms with van der Waals surface area (Å²) in [4.78, 5) is 4.54. The van der Waals surface area contributed by atoms with E-state index in [1.54, 1.807) is 0 Å². The molecule has 0 saturated carbocycles. The maximum atomic E-state index is 6.19. The second kappa shape index (κ2) is 4.86. The van der Waals surface area contributed by atoms with Gasteiger partial charge in [-0.3, -0.25) is 0 Å². The summed E-state index contributed by atoms with van der Waals surface area (Å²) in [5, 5.41) is 0. The Kier molecular flexibility index (Phi) is 3.22. The van der Waals surface area contributed by atoms with Crippen LogP contribution in [0.5, 0.6) is 0 Å². The third kappa shape index (κ3) is 2.22. The molecular weight excluding hydrogens is 290 g/mol. The topological polar surface area (TPSA) is 43.8 Å². The molecule has 0 saturated heterocycles. The first kappa shape index (κ1) is 11.9. The molecule has 1 unspecified atom stereocenters. The van der Waals surface area contributed by atoms with Crippen molar-refractivity contribution in [3.05, 3.63) is 52.0 Å². The summed E-state index contributed by atoms with van der Waals surface area (Å²) in [6, 6.07) is 8.35. The van der Waals surface area contributed by atoms with Crippen molar-refractivity contribution in [2.45, 2.75) is 31.8 Å². The van der Waals surface area contributed by atoms with Crippen LogP contribution < -0.4 is 5.73 Å². The third-order valence-corrected chi connectivity index (χ3v) is 3.96. The van der Waals surface area contributed by atoms with E-state index in [1.807, 2.05) is 12.3 Å². The van der Waals surface area contributed by atoms with Gasteiger partial charge < -0.3 is 10.3 Å². The van der Waals surface area contributed by atoms with Gasteiger partial charge in [0.05, 0.1) is 6.17 Å². The van der Waals surface area contributed by atoms with Crippen LogP contribution in [0, 0.1) is 0 Å². The zero-order valence-electron chi connectivity index (χ0n) is 10.1. The molecule has 0 spiro atoms. The lowest BCUT2D eigenvalue weighted by Crippen LogP contribution is -2.26. The zero-order valence-corrected chi connectivity index (χ0v) is 11.7. The Morgan fingerprint density at radius 1 is 1.44 bits per heavy atom. The molecule has 1 aliphatic heterocycles. The smallest absolute Gasteiger partial charge is 0.114 e. The predicted octanol–water partition coefficient (Wildman–Crippen LogP) is 3.03. The van der Waals surface area contributed by atoms with Gasteiger partial charge in [-0.15, -0.1) is 0 Å². The van der Waals surface area contributed by atoms with E-state index in [0.29, 0.717) is 0 Å². The molecule has 94 valence electrons. The summed E-state index contributed by atoms with van der Waals surface area (Å²) in [5.74, 6) is 1.08. The van der Waals surface area contributed by atoms with Crippen LogP contribution in [0.4, 0.5) is 0 Å². The highest BCUT2D eigenvalue weighted by Gasteiger charge is 2.20. The van der Waals surface area contributed by atoms with Gasteiger partial charge in [0, 0.05) is 22.8 Å². The molecule has 1 aliphatic rings. The number of halogens is 1. The summed E-state index contributed by atoms with van der Waals surface area (Å²) in [5.41, 5.74) is 8.73. The molecule has 2 N–H and O–H groups in total. The molecule has 1 aromatic carbocycles. The average molecular weight is 306 g/mol. The highest BCUT2D eigenvalue weighted by Crippen LogP contribution is 2.24. The summed E-state index contributed by atoms with van der Waals surface area (Å²) in [6.45, 7) is 0. The lowest BCUT2D eigenvalue weighted by Gasteiger charge is -2.23. The van der Waals surface area contributed by atoms with E-state index in [1.165, 1.54) is 17.7 Å². The fourth-order valence-electron chi connectivity index (χ4n) is 2.61. The van der Waals surface area contributed by atoms with Gasteiger partial charge in [0.1, 0.15) is 5.82 Å². The maximum Gasteiger partial charge on any atom is 0.114 e. The molecule has 0 radical (unpaired) electrons. The average Bonchev–Trinajstić information content (AvgIpc) is 2.74. The standard InChI is InChI=1S/C14H16BrN3/c15-11-4-1-3-10(7-11)8-14-17-9-12-5-2-6-13(16)18(12)14/h1,3-4,7,9,13H,2,5-6,8,16H2. The summed E-state index contributed by atoms with van der Waals surface area (Å²) in [7, 11) is 0. The van der Waals surface area contributed by atoms with Gasteiger partial charge in [-0.25, -0.2) is 4.98 Å². The Morgan fingerprint density at radius 2 is 2.33 bits per heavy atom. The second-order valence-electron chi connectivity index (χ2n) is 4.80. The van der Waals surface area contributed by atoms with E-state index >= 15 is 0 Å². The van der Waals surface area contributed by atoms with Crippen molar-refractivity contribution < 1.29 is 0 Å². The number of rotatable bonds is 2. The van der Waals surface area contributed by atoms with Crippen LogP contribution >= 0.6 is 15.9 Å². The number of aromatic nitrogens is 2. The van der Waals surface area contributed by atoms with E-state index < -0.39 is 0 Å². The minimum Gasteiger partial charge on any atom is -0.316 e. The quantitative estimate of drug-likeness (QED) is 0.927. The second-order valence-corrected chi connectivity index (χ2v) is 5.72. The molecule has 1 aromatic heterocycles. The van der Waals surface area contributed by atoms with E-state index in [-0.39, 0.29) is 6.17 Å². The van der Waals surface area contributed by atoms with Gasteiger partial charge in [-0.05, 0) is 37.0 Å². The van der Waals surface area contributed by atoms with Crippen LogP contribution in [-0.2, 0) is 12.8 Å². The lowest BCUT2D eigenvalue weighted by molar-refractivity contribution is 0.403. The predicted molar refractivity (Wildman–Crippen MR) is 75.3 cm³/mol. The van der Waals surface area contributed by atoms with E-state index in [4.69, 9.17) is 5.73 Å². The molecule has 1 atom stereocenters. The summed E-state index contributed by atoms with van der Waals surface area (Å²) < 4.78 is 3.32. The van der Waals surface area contributed by atoms with E-state index in [0.717, 1.165) is 29.6 Å². The van der Waals surface area contributed by atoms with Gasteiger partial charge in [0.2, 0.25) is 0 Å². The highest BCUT2D eigenvalue weighted by atomic mass is 79.9. The number of fused-ring (bicyclic) bond motifs is 1. The van der Waals surface area contributed by atoms with Crippen molar-refractivity contribution in [2.24, 2.45) is 5.73 Å². The molecule has 18 heavy (non-hydrogen) atoms. The van der Waals surface area contributed by atoms with Crippen molar-refractivity contribution in [3.63, 3.8) is 0 Å². The van der Waals surface area contributed by atoms with Crippen molar-refractivity contribution in [3.8, 4) is 0 Å². The largest absolute Gasteiger partial charge is 0.316 e. The molecule has 2 aromatic rings. The Bertz CT molecular complexity index is 562. The lowest BCUT2D eigenvalue weighted by atomic mass is 10.1. The number of hydrogen-bond donors (Lipinski definition) is 1. The van der Waals surface area contributed by atoms with Gasteiger partial charge in [-0.1, -0.05) is 28.1 Å². The fraction of sp³-hybridized carbons (Fsp3) is 0.357. The molecule has 3 nitrogen and oxygen atoms in total. The van der Waals surface area contributed by atoms with Crippen LogP contribution in [0.3, 0.4) is 0 Å². The number of nitrogens with zero attached hydrogens (tertiary/aromatic N) is 2. The van der Waals surface area contributed by atoms with Crippen LogP contribution in [0.2, 0.25) is 0 Å². The first-order chi connectivity index (χ1) is 8.74. The Labute approximate surface area is 115 Å². The summed E-state index contributed by atoms with van der Waals surface area (Å²) >= 11 is 3.50. The van der Waals surface area contributed by atoms with Gasteiger partial charge in [0.15, 0.2) is 0 Å². The van der Waals surface area contributed by atoms with Gasteiger partial charge in [0.25, 0.3) is 0 Å². The van der Waals surface area contributed by atoms with E-state index in [9.17, 15) is 0 Å². The van der Waals surface area contributed by atoms with Crippen molar-refractivity contribution in [2.75, 3.05) is 0 Å². The molecule has 4 heteroatoms. The minimum absolute atomic E-state index is 0.0957. The Hall–Kier alpha value is -1.13. The normalized spacial score (nSPS) is 18.7. The molecule has 3 rings (SSSR count). The summed E-state index contributed by atoms with van der Waals surface area (Å²) in [6.07, 6.45) is 6.23. The fourth-order valence-corrected chi connectivity index (χ4v) is 3.06. The third-order valence-electron chi connectivity index (χ3n) is 3.47. The monoisotopic (exact) mass is 305 g/mol. The van der Waals surface area contributed by atoms with Crippen LogP contribution in [0.15, 0.2) is 34.9 Å². The first-order valence-corrected chi connectivity index (χ1v) is 7.08. The van der Waals surface area contributed by atoms with Crippen molar-refractivity contribution in [1.82, 2.24) is 9.55 Å². The molecular formula is C14H16BrN3. The number of hydrogen-bond acceptors (Lipinski definition) is 2. The number of imidazole rings is 1. The number of aryl methyl sites for hydroxylation is 1. The first-order valence-electron chi connectivity index (χ1n) is 6.29. The maximum absolute atomic E-state index is 6.19. The van der Waals surface area contributed by atoms with E-state index in [2.05, 4.69) is 43.7 Å². The highest BCUT2D eigenvalue weighted by molar-refractivity contribution is 9.10. The zero-order chi connectivity index (χ0) is 12.5. The molecule has 0 fully saturated rings. The van der Waals surface area contributed by atoms with Crippen molar-refractivity contribution in [1.29, 1.82) is 0 Å². The SMILES string of the molecule is NC1CCCc2cnc(Cc3cccc(Br)c3)n21. The van der Waals surface area contributed by atoms with Crippen LogP contribution in [0.1, 0.15) is 36.1 Å². The number of benzene rings is 1. The minimum atomic E-state index is 0.0957. The molecule has 0 amide bonds. The molecule has 2 heterocycles. The van der Waals surface area contributed by atoms with Gasteiger partial charge in [-0.2, -0.15) is 0 Å². The molecule has 0 aliphatic carbocycles. The Morgan fingerprint density at radius 3 is 3.17 bits per heavy atom. The van der Waals surface area contributed by atoms with Crippen LogP contribution in [-0.4, -0.2) is 9.55 Å². The molecule has 0 bridgehead atoms.